The van der Waals surface area contributed by atoms with Crippen molar-refractivity contribution in [3.05, 3.63) is 88.6 Å². The smallest absolute Gasteiger partial charge is 0.299 e. The highest BCUT2D eigenvalue weighted by molar-refractivity contribution is 5.80. The van der Waals surface area contributed by atoms with Gasteiger partial charge in [-0.15, -0.1) is 15.3 Å². The third-order valence-corrected chi connectivity index (χ3v) is 5.17. The van der Waals surface area contributed by atoms with Crippen LogP contribution in [0.3, 0.4) is 0 Å². The molecule has 5 aromatic rings. The summed E-state index contributed by atoms with van der Waals surface area (Å²) >= 11 is 0. The normalized spacial score (nSPS) is 11.4. The number of hydrogen-bond donors (Lipinski definition) is 3. The number of aromatic hydroxyl groups is 1. The van der Waals surface area contributed by atoms with E-state index >= 15 is 0 Å². The summed E-state index contributed by atoms with van der Waals surface area (Å²) in [5, 5.41) is 35.8. The summed E-state index contributed by atoms with van der Waals surface area (Å²) in [5.74, 6) is -0.119. The molecule has 0 radical (unpaired) electrons. The van der Waals surface area contributed by atoms with Gasteiger partial charge in [-0.1, -0.05) is 24.3 Å². The Bertz CT molecular complexity index is 1550. The zero-order valence-corrected chi connectivity index (χ0v) is 17.8. The number of para-hydroxylation sites is 1. The second-order valence-corrected chi connectivity index (χ2v) is 7.39. The van der Waals surface area contributed by atoms with Crippen molar-refractivity contribution in [2.24, 2.45) is 10.2 Å². The lowest BCUT2D eigenvalue weighted by molar-refractivity contribution is 0.479. The van der Waals surface area contributed by atoms with Crippen LogP contribution in [0.4, 0.5) is 15.8 Å². The van der Waals surface area contributed by atoms with Gasteiger partial charge in [-0.2, -0.15) is 10.3 Å². The molecule has 0 saturated carbocycles. The molecule has 0 atom stereocenters. The number of halogens is 1. The molecule has 10 nitrogen and oxygen atoms in total. The molecule has 3 aromatic carbocycles. The maximum atomic E-state index is 13.2. The molecule has 2 aromatic heterocycles. The first-order valence-electron chi connectivity index (χ1n) is 10.2. The van der Waals surface area contributed by atoms with Gasteiger partial charge in [-0.05, 0) is 60.2 Å². The molecule has 0 aliphatic rings. The van der Waals surface area contributed by atoms with E-state index in [1.54, 1.807) is 43.3 Å². The SMILES string of the molecule is Cc1[nH]n(-c2ccc(F)cc2)c(=O)c1N=Nc1cccc(-c2cccc(-c3nn[nH]n3)c2O)c1. The Labute approximate surface area is 191 Å². The average Bonchev–Trinajstić information content (AvgIpc) is 3.47. The Balaban J connectivity index is 1.47. The van der Waals surface area contributed by atoms with Crippen LogP contribution in [0.2, 0.25) is 0 Å². The first-order valence-corrected chi connectivity index (χ1v) is 10.2. The van der Waals surface area contributed by atoms with E-state index in [1.165, 1.54) is 28.9 Å². The molecule has 0 aliphatic heterocycles. The summed E-state index contributed by atoms with van der Waals surface area (Å²) in [6.45, 7) is 1.70. The van der Waals surface area contributed by atoms with Crippen molar-refractivity contribution in [2.45, 2.75) is 6.92 Å². The van der Waals surface area contributed by atoms with E-state index in [4.69, 9.17) is 0 Å². The number of aryl methyl sites for hydroxylation is 1. The van der Waals surface area contributed by atoms with E-state index in [-0.39, 0.29) is 17.3 Å². The van der Waals surface area contributed by atoms with E-state index in [9.17, 15) is 14.3 Å². The van der Waals surface area contributed by atoms with E-state index in [1.807, 2.05) is 6.07 Å². The minimum absolute atomic E-state index is 0.00153. The first-order chi connectivity index (χ1) is 16.5. The van der Waals surface area contributed by atoms with Crippen molar-refractivity contribution in [1.29, 1.82) is 0 Å². The lowest BCUT2D eigenvalue weighted by Gasteiger charge is -2.08. The van der Waals surface area contributed by atoms with Crippen molar-refractivity contribution < 1.29 is 9.50 Å². The van der Waals surface area contributed by atoms with Crippen molar-refractivity contribution in [2.75, 3.05) is 0 Å². The van der Waals surface area contributed by atoms with Gasteiger partial charge in [0, 0.05) is 5.56 Å². The molecule has 34 heavy (non-hydrogen) atoms. The average molecular weight is 456 g/mol. The first kappa shape index (κ1) is 20.9. The summed E-state index contributed by atoms with van der Waals surface area (Å²) in [5.41, 5.74) is 2.88. The summed E-state index contributed by atoms with van der Waals surface area (Å²) in [6, 6.07) is 17.8. The predicted octanol–water partition coefficient (Wildman–Crippen LogP) is 4.58. The van der Waals surface area contributed by atoms with E-state index in [0.29, 0.717) is 33.8 Å². The quantitative estimate of drug-likeness (QED) is 0.332. The molecule has 0 aliphatic carbocycles. The molecule has 168 valence electrons. The number of nitrogens with zero attached hydrogens (tertiary/aromatic N) is 6. The third-order valence-electron chi connectivity index (χ3n) is 5.17. The van der Waals surface area contributed by atoms with Gasteiger partial charge in [-0.25, -0.2) is 9.07 Å². The molecule has 0 fully saturated rings. The number of hydrogen-bond acceptors (Lipinski definition) is 7. The van der Waals surface area contributed by atoms with Crippen molar-refractivity contribution >= 4 is 11.4 Å². The van der Waals surface area contributed by atoms with Crippen molar-refractivity contribution in [3.63, 3.8) is 0 Å². The number of azo groups is 1. The van der Waals surface area contributed by atoms with Crippen LogP contribution in [0.5, 0.6) is 5.75 Å². The zero-order valence-electron chi connectivity index (χ0n) is 17.8. The second-order valence-electron chi connectivity index (χ2n) is 7.39. The van der Waals surface area contributed by atoms with Crippen LogP contribution >= 0.6 is 0 Å². The molecule has 0 saturated heterocycles. The molecule has 5 rings (SSSR count). The van der Waals surface area contributed by atoms with Crippen molar-refractivity contribution in [3.8, 4) is 34.0 Å². The van der Waals surface area contributed by atoms with Crippen LogP contribution < -0.4 is 5.56 Å². The van der Waals surface area contributed by atoms with E-state index in [2.05, 4.69) is 36.0 Å². The van der Waals surface area contributed by atoms with Crippen LogP contribution in [0, 0.1) is 12.7 Å². The van der Waals surface area contributed by atoms with E-state index < -0.39 is 11.4 Å². The van der Waals surface area contributed by atoms with Crippen molar-refractivity contribution in [1.82, 2.24) is 30.4 Å². The van der Waals surface area contributed by atoms with Gasteiger partial charge in [0.25, 0.3) is 5.56 Å². The minimum Gasteiger partial charge on any atom is -0.507 e. The maximum Gasteiger partial charge on any atom is 0.299 e. The molecule has 0 amide bonds. The second kappa shape index (κ2) is 8.54. The molecule has 3 N–H and O–H groups in total. The molecule has 0 unspecified atom stereocenters. The number of tetrazole rings is 1. The molecular formula is C23H17FN8O2. The molecule has 0 spiro atoms. The van der Waals surface area contributed by atoms with E-state index in [0.717, 1.165) is 0 Å². The summed E-state index contributed by atoms with van der Waals surface area (Å²) in [4.78, 5) is 12.8. The largest absolute Gasteiger partial charge is 0.507 e. The Morgan fingerprint density at radius 1 is 1.00 bits per heavy atom. The molecule has 11 heteroatoms. The predicted molar refractivity (Wildman–Crippen MR) is 122 cm³/mol. The fraction of sp³-hybridized carbons (Fsp3) is 0.0435. The van der Waals surface area contributed by atoms with Crippen LogP contribution in [-0.4, -0.2) is 35.5 Å². The van der Waals surface area contributed by atoms with Gasteiger partial charge in [0.05, 0.1) is 22.6 Å². The number of aromatic nitrogens is 6. The number of phenolic OH excluding ortho intramolecular Hbond substituents is 1. The third kappa shape index (κ3) is 3.86. The molecule has 2 heterocycles. The highest BCUT2D eigenvalue weighted by Crippen LogP contribution is 2.37. The fourth-order valence-corrected chi connectivity index (χ4v) is 3.50. The van der Waals surface area contributed by atoms with Gasteiger partial charge >= 0.3 is 0 Å². The summed E-state index contributed by atoms with van der Waals surface area (Å²) < 4.78 is 14.5. The summed E-state index contributed by atoms with van der Waals surface area (Å²) in [7, 11) is 0. The fourth-order valence-electron chi connectivity index (χ4n) is 3.50. The minimum atomic E-state index is -0.408. The number of H-pyrrole nitrogens is 2. The molecular weight excluding hydrogens is 439 g/mol. The Hall–Kier alpha value is -4.93. The van der Waals surface area contributed by atoms with Gasteiger partial charge < -0.3 is 5.11 Å². The lowest BCUT2D eigenvalue weighted by atomic mass is 10.0. The van der Waals surface area contributed by atoms with Gasteiger partial charge in [-0.3, -0.25) is 9.89 Å². The highest BCUT2D eigenvalue weighted by Gasteiger charge is 2.15. The van der Waals surface area contributed by atoms with Crippen LogP contribution in [0.1, 0.15) is 5.69 Å². The van der Waals surface area contributed by atoms with Crippen LogP contribution in [0.15, 0.2) is 81.8 Å². The van der Waals surface area contributed by atoms with Crippen LogP contribution in [-0.2, 0) is 0 Å². The lowest BCUT2D eigenvalue weighted by Crippen LogP contribution is -2.13. The highest BCUT2D eigenvalue weighted by atomic mass is 19.1. The number of aromatic amines is 2. The van der Waals surface area contributed by atoms with Gasteiger partial charge in [0.1, 0.15) is 11.6 Å². The monoisotopic (exact) mass is 456 g/mol. The van der Waals surface area contributed by atoms with Crippen LogP contribution in [0.25, 0.3) is 28.2 Å². The topological polar surface area (TPSA) is 137 Å². The Kier molecular flexibility index (Phi) is 5.26. The standard InChI is InChI=1S/C23H17FN8O2/c1-13-20(23(34)32(29-13)17-10-8-15(24)9-11-17)26-25-16-5-2-4-14(12-16)18-6-3-7-19(21(18)33)22-27-30-31-28-22/h2-12,29,33H,1H3,(H,27,28,30,31). The number of nitrogens with one attached hydrogen (secondary N) is 2. The van der Waals surface area contributed by atoms with Gasteiger partial charge in [0.2, 0.25) is 5.82 Å². The number of benzene rings is 3. The number of phenols is 1. The van der Waals surface area contributed by atoms with Gasteiger partial charge in [0.15, 0.2) is 5.69 Å². The zero-order chi connectivity index (χ0) is 23.7. The molecule has 0 bridgehead atoms. The number of rotatable bonds is 5. The summed E-state index contributed by atoms with van der Waals surface area (Å²) in [6.07, 6.45) is 0. The maximum absolute atomic E-state index is 13.2. The Morgan fingerprint density at radius 2 is 1.76 bits per heavy atom. The Morgan fingerprint density at radius 3 is 2.53 bits per heavy atom.